The molecular weight excluding hydrogens is 230 g/mol. The third-order valence-electron chi connectivity index (χ3n) is 4.62. The standard InChI is InChI=1S/C18H27N/c1-3-5-13-17(19-4-2)18(14-9-10-15-18)16-11-7-6-8-12-16/h3,6-8,11-12,17,19H,1,4-5,9-10,13-15H2,2H3. The number of hydrogen-bond acceptors (Lipinski definition) is 1. The van der Waals surface area contributed by atoms with Crippen molar-refractivity contribution in [2.45, 2.75) is 56.9 Å². The molecule has 1 nitrogen and oxygen atoms in total. The number of allylic oxidation sites excluding steroid dienone is 1. The predicted octanol–water partition coefficient (Wildman–Crippen LogP) is 4.44. The first kappa shape index (κ1) is 14.3. The van der Waals surface area contributed by atoms with E-state index >= 15 is 0 Å². The first-order valence-electron chi connectivity index (χ1n) is 7.73. The van der Waals surface area contributed by atoms with Crippen LogP contribution in [0.4, 0.5) is 0 Å². The molecule has 1 atom stereocenters. The van der Waals surface area contributed by atoms with Crippen LogP contribution in [0.5, 0.6) is 0 Å². The zero-order valence-electron chi connectivity index (χ0n) is 12.2. The molecule has 0 spiro atoms. The molecule has 0 aliphatic heterocycles. The van der Waals surface area contributed by atoms with Crippen molar-refractivity contribution in [1.82, 2.24) is 5.32 Å². The first-order valence-corrected chi connectivity index (χ1v) is 7.73. The smallest absolute Gasteiger partial charge is 0.0167 e. The van der Waals surface area contributed by atoms with Crippen LogP contribution in [0.3, 0.4) is 0 Å². The summed E-state index contributed by atoms with van der Waals surface area (Å²) < 4.78 is 0. The van der Waals surface area contributed by atoms with Gasteiger partial charge in [0.25, 0.3) is 0 Å². The molecule has 0 aromatic heterocycles. The van der Waals surface area contributed by atoms with Crippen molar-refractivity contribution >= 4 is 0 Å². The van der Waals surface area contributed by atoms with Crippen LogP contribution in [0.1, 0.15) is 51.0 Å². The van der Waals surface area contributed by atoms with Gasteiger partial charge in [0, 0.05) is 11.5 Å². The van der Waals surface area contributed by atoms with E-state index in [-0.39, 0.29) is 0 Å². The van der Waals surface area contributed by atoms with E-state index in [1.807, 2.05) is 0 Å². The molecule has 1 fully saturated rings. The minimum atomic E-state index is 0.347. The first-order chi connectivity index (χ1) is 9.33. The molecular formula is C18H27N. The molecule has 1 unspecified atom stereocenters. The van der Waals surface area contributed by atoms with Gasteiger partial charge in [-0.3, -0.25) is 0 Å². The van der Waals surface area contributed by atoms with Gasteiger partial charge in [0.1, 0.15) is 0 Å². The normalized spacial score (nSPS) is 19.2. The number of rotatable bonds is 7. The Hall–Kier alpha value is -1.08. The lowest BCUT2D eigenvalue weighted by molar-refractivity contribution is 0.286. The molecule has 0 amide bonds. The average molecular weight is 257 g/mol. The van der Waals surface area contributed by atoms with E-state index in [9.17, 15) is 0 Å². The van der Waals surface area contributed by atoms with Crippen LogP contribution < -0.4 is 5.32 Å². The summed E-state index contributed by atoms with van der Waals surface area (Å²) in [6, 6.07) is 11.7. The summed E-state index contributed by atoms with van der Waals surface area (Å²) in [5, 5.41) is 3.75. The zero-order chi connectivity index (χ0) is 13.6. The third-order valence-corrected chi connectivity index (χ3v) is 4.62. The van der Waals surface area contributed by atoms with Crippen molar-refractivity contribution in [3.63, 3.8) is 0 Å². The van der Waals surface area contributed by atoms with Gasteiger partial charge >= 0.3 is 0 Å². The van der Waals surface area contributed by atoms with Crippen LogP contribution in [0.25, 0.3) is 0 Å². The summed E-state index contributed by atoms with van der Waals surface area (Å²) in [7, 11) is 0. The van der Waals surface area contributed by atoms with Gasteiger partial charge in [-0.25, -0.2) is 0 Å². The van der Waals surface area contributed by atoms with Gasteiger partial charge < -0.3 is 5.32 Å². The van der Waals surface area contributed by atoms with Gasteiger partial charge in [-0.05, 0) is 37.8 Å². The van der Waals surface area contributed by atoms with Crippen LogP contribution >= 0.6 is 0 Å². The second kappa shape index (κ2) is 6.91. The monoisotopic (exact) mass is 257 g/mol. The van der Waals surface area contributed by atoms with Crippen molar-refractivity contribution in [3.05, 3.63) is 48.6 Å². The fourth-order valence-electron chi connectivity index (χ4n) is 3.72. The van der Waals surface area contributed by atoms with Gasteiger partial charge in [0.05, 0.1) is 0 Å². The van der Waals surface area contributed by atoms with E-state index in [1.54, 1.807) is 0 Å². The van der Waals surface area contributed by atoms with Gasteiger partial charge in [-0.1, -0.05) is 56.2 Å². The maximum atomic E-state index is 3.89. The van der Waals surface area contributed by atoms with Crippen molar-refractivity contribution in [1.29, 1.82) is 0 Å². The second-order valence-corrected chi connectivity index (χ2v) is 5.71. The molecule has 104 valence electrons. The molecule has 1 aromatic rings. The lowest BCUT2D eigenvalue weighted by atomic mass is 9.71. The largest absolute Gasteiger partial charge is 0.313 e. The number of nitrogens with one attached hydrogen (secondary N) is 1. The topological polar surface area (TPSA) is 12.0 Å². The van der Waals surface area contributed by atoms with E-state index in [0.717, 1.165) is 13.0 Å². The fraction of sp³-hybridized carbons (Fsp3) is 0.556. The van der Waals surface area contributed by atoms with E-state index in [2.05, 4.69) is 55.2 Å². The maximum absolute atomic E-state index is 3.89. The van der Waals surface area contributed by atoms with Crippen LogP contribution in [-0.2, 0) is 5.41 Å². The second-order valence-electron chi connectivity index (χ2n) is 5.71. The Morgan fingerprint density at radius 2 is 1.95 bits per heavy atom. The highest BCUT2D eigenvalue weighted by molar-refractivity contribution is 5.29. The fourth-order valence-corrected chi connectivity index (χ4v) is 3.72. The highest BCUT2D eigenvalue weighted by atomic mass is 14.9. The summed E-state index contributed by atoms with van der Waals surface area (Å²) in [4.78, 5) is 0. The third kappa shape index (κ3) is 3.09. The van der Waals surface area contributed by atoms with Gasteiger partial charge in [-0.15, -0.1) is 6.58 Å². The molecule has 2 rings (SSSR count). The number of benzene rings is 1. The Labute approximate surface area is 118 Å². The summed E-state index contributed by atoms with van der Waals surface area (Å²) in [6.07, 6.45) is 9.74. The lowest BCUT2D eigenvalue weighted by Gasteiger charge is -2.39. The summed E-state index contributed by atoms with van der Waals surface area (Å²) >= 11 is 0. The van der Waals surface area contributed by atoms with Crippen LogP contribution in [-0.4, -0.2) is 12.6 Å². The van der Waals surface area contributed by atoms with Gasteiger partial charge in [0.15, 0.2) is 0 Å². The van der Waals surface area contributed by atoms with Crippen molar-refractivity contribution < 1.29 is 0 Å². The van der Waals surface area contributed by atoms with E-state index in [0.29, 0.717) is 11.5 Å². The maximum Gasteiger partial charge on any atom is 0.0167 e. The molecule has 0 saturated heterocycles. The lowest BCUT2D eigenvalue weighted by Crippen LogP contribution is -2.47. The highest BCUT2D eigenvalue weighted by Gasteiger charge is 2.41. The van der Waals surface area contributed by atoms with Crippen molar-refractivity contribution in [2.75, 3.05) is 6.54 Å². The predicted molar refractivity (Wildman–Crippen MR) is 83.5 cm³/mol. The Bertz CT molecular complexity index is 376. The van der Waals surface area contributed by atoms with Crippen molar-refractivity contribution in [3.8, 4) is 0 Å². The van der Waals surface area contributed by atoms with Crippen LogP contribution in [0, 0.1) is 0 Å². The van der Waals surface area contributed by atoms with Crippen molar-refractivity contribution in [2.24, 2.45) is 0 Å². The van der Waals surface area contributed by atoms with Crippen LogP contribution in [0.2, 0.25) is 0 Å². The molecule has 1 aliphatic carbocycles. The molecule has 1 N–H and O–H groups in total. The number of hydrogen-bond donors (Lipinski definition) is 1. The van der Waals surface area contributed by atoms with E-state index in [4.69, 9.17) is 0 Å². The van der Waals surface area contributed by atoms with Gasteiger partial charge in [0.2, 0.25) is 0 Å². The Morgan fingerprint density at radius 1 is 1.26 bits per heavy atom. The van der Waals surface area contributed by atoms with E-state index < -0.39 is 0 Å². The molecule has 1 saturated carbocycles. The SMILES string of the molecule is C=CCCC(NCC)C1(c2ccccc2)CCCC1. The van der Waals surface area contributed by atoms with E-state index in [1.165, 1.54) is 37.7 Å². The minimum Gasteiger partial charge on any atom is -0.313 e. The summed E-state index contributed by atoms with van der Waals surface area (Å²) in [6.45, 7) is 7.16. The zero-order valence-corrected chi connectivity index (χ0v) is 12.2. The highest BCUT2D eigenvalue weighted by Crippen LogP contribution is 2.45. The summed E-state index contributed by atoms with van der Waals surface area (Å²) in [5.41, 5.74) is 1.88. The number of likely N-dealkylation sites (N-methyl/N-ethyl adjacent to an activating group) is 1. The molecule has 1 aromatic carbocycles. The minimum absolute atomic E-state index is 0.347. The Balaban J connectivity index is 2.28. The Kier molecular flexibility index (Phi) is 5.21. The molecule has 1 heteroatoms. The molecule has 0 radical (unpaired) electrons. The van der Waals surface area contributed by atoms with Gasteiger partial charge in [-0.2, -0.15) is 0 Å². The summed E-state index contributed by atoms with van der Waals surface area (Å²) in [5.74, 6) is 0. The molecule has 1 aliphatic rings. The molecule has 0 heterocycles. The van der Waals surface area contributed by atoms with Crippen LogP contribution in [0.15, 0.2) is 43.0 Å². The Morgan fingerprint density at radius 3 is 2.53 bits per heavy atom. The average Bonchev–Trinajstić information content (AvgIpc) is 2.95. The molecule has 19 heavy (non-hydrogen) atoms. The quantitative estimate of drug-likeness (QED) is 0.712. The molecule has 0 bridgehead atoms.